The number of nitrogens with one attached hydrogen (secondary N) is 2. The van der Waals surface area contributed by atoms with E-state index in [4.69, 9.17) is 0 Å². The Kier molecular flexibility index (Phi) is 5.78. The third-order valence-corrected chi connectivity index (χ3v) is 3.50. The van der Waals surface area contributed by atoms with Crippen molar-refractivity contribution in [1.82, 2.24) is 14.9 Å². The molecule has 1 aromatic rings. The van der Waals surface area contributed by atoms with E-state index in [1.807, 2.05) is 17.9 Å². The van der Waals surface area contributed by atoms with Gasteiger partial charge < -0.3 is 15.5 Å². The molecule has 21 heavy (non-hydrogen) atoms. The molecule has 2 heterocycles. The van der Waals surface area contributed by atoms with Crippen molar-refractivity contribution in [2.75, 3.05) is 36.8 Å². The van der Waals surface area contributed by atoms with Crippen LogP contribution in [0.15, 0.2) is 6.07 Å². The first-order chi connectivity index (χ1) is 10.2. The average molecular weight is 291 g/mol. The smallest absolute Gasteiger partial charge is 0.224 e. The van der Waals surface area contributed by atoms with Crippen molar-refractivity contribution >= 4 is 17.5 Å². The maximum Gasteiger partial charge on any atom is 0.224 e. The average Bonchev–Trinajstić information content (AvgIpc) is 2.99. The lowest BCUT2D eigenvalue weighted by molar-refractivity contribution is -0.129. The van der Waals surface area contributed by atoms with Gasteiger partial charge in [-0.05, 0) is 26.2 Å². The Balaban J connectivity index is 1.81. The zero-order valence-corrected chi connectivity index (χ0v) is 13.0. The van der Waals surface area contributed by atoms with Gasteiger partial charge in [0.1, 0.15) is 17.5 Å². The first-order valence-corrected chi connectivity index (χ1v) is 7.80. The molecular formula is C15H25N5O. The highest BCUT2D eigenvalue weighted by Crippen LogP contribution is 2.12. The van der Waals surface area contributed by atoms with Gasteiger partial charge in [0.2, 0.25) is 5.91 Å². The van der Waals surface area contributed by atoms with E-state index in [2.05, 4.69) is 27.5 Å². The number of likely N-dealkylation sites (tertiary alicyclic amines) is 1. The molecule has 0 saturated carbocycles. The second-order valence-corrected chi connectivity index (χ2v) is 5.38. The number of anilines is 2. The van der Waals surface area contributed by atoms with Crippen molar-refractivity contribution in [3.05, 3.63) is 11.9 Å². The summed E-state index contributed by atoms with van der Waals surface area (Å²) in [6.07, 6.45) is 3.84. The van der Waals surface area contributed by atoms with Crippen molar-refractivity contribution in [2.24, 2.45) is 0 Å². The molecule has 1 amide bonds. The van der Waals surface area contributed by atoms with E-state index in [1.54, 1.807) is 0 Å². The molecule has 1 saturated heterocycles. The zero-order valence-electron chi connectivity index (χ0n) is 13.0. The van der Waals surface area contributed by atoms with E-state index in [0.29, 0.717) is 13.0 Å². The van der Waals surface area contributed by atoms with E-state index in [-0.39, 0.29) is 5.91 Å². The lowest BCUT2D eigenvalue weighted by Gasteiger charge is -2.15. The Hall–Kier alpha value is -1.85. The van der Waals surface area contributed by atoms with Crippen LogP contribution in [0.4, 0.5) is 11.6 Å². The highest BCUT2D eigenvalue weighted by molar-refractivity contribution is 5.76. The van der Waals surface area contributed by atoms with Gasteiger partial charge in [-0.25, -0.2) is 9.97 Å². The Morgan fingerprint density at radius 3 is 2.43 bits per heavy atom. The zero-order chi connectivity index (χ0) is 15.1. The highest BCUT2D eigenvalue weighted by atomic mass is 16.2. The minimum atomic E-state index is 0.232. The van der Waals surface area contributed by atoms with Crippen molar-refractivity contribution < 1.29 is 4.79 Å². The maximum absolute atomic E-state index is 12.0. The van der Waals surface area contributed by atoms with Gasteiger partial charge in [-0.3, -0.25) is 4.79 Å². The molecule has 1 aromatic heterocycles. The molecule has 6 nitrogen and oxygen atoms in total. The molecule has 1 fully saturated rings. The van der Waals surface area contributed by atoms with Crippen LogP contribution in [0.1, 0.15) is 38.4 Å². The molecule has 0 atom stereocenters. The van der Waals surface area contributed by atoms with Gasteiger partial charge in [-0.15, -0.1) is 0 Å². The van der Waals surface area contributed by atoms with Crippen LogP contribution < -0.4 is 10.6 Å². The van der Waals surface area contributed by atoms with Gasteiger partial charge in [0.05, 0.1) is 0 Å². The fraction of sp³-hybridized carbons (Fsp3) is 0.667. The van der Waals surface area contributed by atoms with E-state index >= 15 is 0 Å². The van der Waals surface area contributed by atoms with Crippen LogP contribution in [0.5, 0.6) is 0 Å². The van der Waals surface area contributed by atoms with Crippen LogP contribution in [-0.4, -0.2) is 47.0 Å². The second kappa shape index (κ2) is 7.81. The summed E-state index contributed by atoms with van der Waals surface area (Å²) in [7, 11) is 0. The number of carbonyl (C=O) groups excluding carboxylic acids is 1. The first-order valence-electron chi connectivity index (χ1n) is 7.80. The van der Waals surface area contributed by atoms with Gasteiger partial charge in [0.25, 0.3) is 0 Å². The summed E-state index contributed by atoms with van der Waals surface area (Å²) in [5, 5.41) is 6.47. The summed E-state index contributed by atoms with van der Waals surface area (Å²) >= 11 is 0. The fourth-order valence-electron chi connectivity index (χ4n) is 2.42. The molecule has 2 N–H and O–H groups in total. The summed E-state index contributed by atoms with van der Waals surface area (Å²) in [6.45, 7) is 7.32. The number of rotatable bonds is 7. The highest BCUT2D eigenvalue weighted by Gasteiger charge is 2.17. The Labute approximate surface area is 126 Å². The van der Waals surface area contributed by atoms with E-state index in [9.17, 15) is 4.79 Å². The number of carbonyl (C=O) groups is 1. The molecule has 1 aliphatic heterocycles. The lowest BCUT2D eigenvalue weighted by atomic mass is 10.3. The minimum absolute atomic E-state index is 0.232. The summed E-state index contributed by atoms with van der Waals surface area (Å²) in [4.78, 5) is 22.6. The van der Waals surface area contributed by atoms with E-state index < -0.39 is 0 Å². The molecular weight excluding hydrogens is 266 g/mol. The number of aromatic nitrogens is 2. The summed E-state index contributed by atoms with van der Waals surface area (Å²) in [6, 6.07) is 1.89. The predicted molar refractivity (Wildman–Crippen MR) is 84.5 cm³/mol. The SMILES string of the molecule is CCCNc1cc(NCCC(=O)N2CCCC2)nc(C)n1. The van der Waals surface area contributed by atoms with Crippen molar-refractivity contribution in [2.45, 2.75) is 39.5 Å². The molecule has 0 spiro atoms. The van der Waals surface area contributed by atoms with E-state index in [1.165, 1.54) is 0 Å². The standard InChI is InChI=1S/C15H25N5O/c1-3-7-16-13-11-14(19-12(2)18-13)17-8-6-15(21)20-9-4-5-10-20/h11H,3-10H2,1-2H3,(H2,16,17,18,19). The molecule has 6 heteroatoms. The van der Waals surface area contributed by atoms with Crippen molar-refractivity contribution in [3.63, 3.8) is 0 Å². The monoisotopic (exact) mass is 291 g/mol. The fourth-order valence-corrected chi connectivity index (χ4v) is 2.42. The van der Waals surface area contributed by atoms with Crippen LogP contribution in [0, 0.1) is 6.92 Å². The molecule has 0 radical (unpaired) electrons. The third kappa shape index (κ3) is 4.88. The van der Waals surface area contributed by atoms with Gasteiger partial charge in [-0.2, -0.15) is 0 Å². The normalized spacial score (nSPS) is 14.3. The predicted octanol–water partition coefficient (Wildman–Crippen LogP) is 2.03. The first kappa shape index (κ1) is 15.5. The molecule has 1 aliphatic rings. The summed E-state index contributed by atoms with van der Waals surface area (Å²) in [5.41, 5.74) is 0. The molecule has 0 aromatic carbocycles. The van der Waals surface area contributed by atoms with E-state index in [0.717, 1.165) is 56.4 Å². The topological polar surface area (TPSA) is 70.2 Å². The number of nitrogens with zero attached hydrogens (tertiary/aromatic N) is 3. The molecule has 116 valence electrons. The van der Waals surface area contributed by atoms with Crippen molar-refractivity contribution in [3.8, 4) is 0 Å². The van der Waals surface area contributed by atoms with Crippen LogP contribution in [0.2, 0.25) is 0 Å². The number of hydrogen-bond acceptors (Lipinski definition) is 5. The third-order valence-electron chi connectivity index (χ3n) is 3.50. The Morgan fingerprint density at radius 2 is 1.81 bits per heavy atom. The van der Waals surface area contributed by atoms with Gasteiger partial charge in [-0.1, -0.05) is 6.92 Å². The number of hydrogen-bond donors (Lipinski definition) is 2. The number of aryl methyl sites for hydroxylation is 1. The minimum Gasteiger partial charge on any atom is -0.370 e. The number of amides is 1. The molecule has 2 rings (SSSR count). The van der Waals surface area contributed by atoms with Crippen molar-refractivity contribution in [1.29, 1.82) is 0 Å². The lowest BCUT2D eigenvalue weighted by Crippen LogP contribution is -2.29. The molecule has 0 unspecified atom stereocenters. The van der Waals surface area contributed by atoms with Crippen LogP contribution in [0.25, 0.3) is 0 Å². The Morgan fingerprint density at radius 1 is 1.19 bits per heavy atom. The van der Waals surface area contributed by atoms with Crippen LogP contribution >= 0.6 is 0 Å². The van der Waals surface area contributed by atoms with Gasteiger partial charge in [0.15, 0.2) is 0 Å². The van der Waals surface area contributed by atoms with Gasteiger partial charge >= 0.3 is 0 Å². The summed E-state index contributed by atoms with van der Waals surface area (Å²) in [5.74, 6) is 2.56. The molecule has 0 aliphatic carbocycles. The van der Waals surface area contributed by atoms with Crippen LogP contribution in [-0.2, 0) is 4.79 Å². The van der Waals surface area contributed by atoms with Gasteiger partial charge in [0, 0.05) is 38.7 Å². The molecule has 0 bridgehead atoms. The Bertz CT molecular complexity index is 471. The quantitative estimate of drug-likeness (QED) is 0.804. The maximum atomic E-state index is 12.0. The second-order valence-electron chi connectivity index (χ2n) is 5.38. The summed E-state index contributed by atoms with van der Waals surface area (Å²) < 4.78 is 0. The largest absolute Gasteiger partial charge is 0.370 e. The van der Waals surface area contributed by atoms with Crippen LogP contribution in [0.3, 0.4) is 0 Å².